The monoisotopic (exact) mass is 418 g/mol. The van der Waals surface area contributed by atoms with E-state index in [9.17, 15) is 13.2 Å². The zero-order chi connectivity index (χ0) is 19.7. The molecule has 0 bridgehead atoms. The van der Waals surface area contributed by atoms with Gasteiger partial charge in [0, 0.05) is 48.9 Å². The van der Waals surface area contributed by atoms with Crippen molar-refractivity contribution >= 4 is 39.2 Å². The summed E-state index contributed by atoms with van der Waals surface area (Å²) in [6.07, 6.45) is 1.74. The highest BCUT2D eigenvalue weighted by Crippen LogP contribution is 2.34. The van der Waals surface area contributed by atoms with Gasteiger partial charge < -0.3 is 10.2 Å². The number of fused-ring (bicyclic) bond motifs is 1. The normalized spacial score (nSPS) is 21.0. The minimum absolute atomic E-state index is 0.0789. The van der Waals surface area contributed by atoms with Gasteiger partial charge in [-0.2, -0.15) is 4.31 Å². The van der Waals surface area contributed by atoms with Crippen LogP contribution in [0.15, 0.2) is 52.4 Å². The topological polar surface area (TPSA) is 82.6 Å². The first-order chi connectivity index (χ1) is 13.4. The standard InChI is InChI=1S/C19H22N4O3S2/c1-14-13-27-17-6-5-15(12-16(17)21-19(14)24)28(25,26)23-10-8-22(9-11-23)18-4-2-3-7-20-18/h2-7,12,14H,8-11,13H2,1H3,(H,21,24)/t14-/m1/s1. The molecule has 1 saturated heterocycles. The zero-order valence-corrected chi connectivity index (χ0v) is 17.2. The van der Waals surface area contributed by atoms with Crippen LogP contribution in [0.2, 0.25) is 0 Å². The summed E-state index contributed by atoms with van der Waals surface area (Å²) in [5, 5.41) is 2.86. The fourth-order valence-electron chi connectivity index (χ4n) is 3.29. The molecule has 9 heteroatoms. The van der Waals surface area contributed by atoms with E-state index in [4.69, 9.17) is 0 Å². The van der Waals surface area contributed by atoms with Crippen molar-refractivity contribution in [2.75, 3.05) is 42.1 Å². The van der Waals surface area contributed by atoms with Crippen LogP contribution in [0.4, 0.5) is 11.5 Å². The lowest BCUT2D eigenvalue weighted by Crippen LogP contribution is -2.48. The Labute approximate surface area is 169 Å². The highest BCUT2D eigenvalue weighted by Gasteiger charge is 2.30. The lowest BCUT2D eigenvalue weighted by Gasteiger charge is -2.34. The van der Waals surface area contributed by atoms with Crippen LogP contribution in [0.3, 0.4) is 0 Å². The summed E-state index contributed by atoms with van der Waals surface area (Å²) in [6.45, 7) is 3.84. The number of thioether (sulfide) groups is 1. The van der Waals surface area contributed by atoms with E-state index in [0.717, 1.165) is 10.7 Å². The number of hydrogen-bond acceptors (Lipinski definition) is 6. The second-order valence-electron chi connectivity index (χ2n) is 6.94. The summed E-state index contributed by atoms with van der Waals surface area (Å²) < 4.78 is 27.7. The second kappa shape index (κ2) is 7.73. The predicted octanol–water partition coefficient (Wildman–Crippen LogP) is 2.27. The van der Waals surface area contributed by atoms with Crippen LogP contribution in [-0.2, 0) is 14.8 Å². The van der Waals surface area contributed by atoms with Crippen LogP contribution in [0.5, 0.6) is 0 Å². The molecule has 1 N–H and O–H groups in total. The number of carbonyl (C=O) groups is 1. The SMILES string of the molecule is C[C@@H]1CSc2ccc(S(=O)(=O)N3CCN(c4ccccn4)CC3)cc2NC1=O. The van der Waals surface area contributed by atoms with Crippen molar-refractivity contribution in [3.63, 3.8) is 0 Å². The van der Waals surface area contributed by atoms with Crippen molar-refractivity contribution in [3.05, 3.63) is 42.6 Å². The molecule has 1 amide bonds. The maximum Gasteiger partial charge on any atom is 0.243 e. The van der Waals surface area contributed by atoms with Crippen LogP contribution in [0.1, 0.15) is 6.92 Å². The Hall–Kier alpha value is -2.10. The quantitative estimate of drug-likeness (QED) is 0.823. The highest BCUT2D eigenvalue weighted by molar-refractivity contribution is 7.99. The fourth-order valence-corrected chi connectivity index (χ4v) is 5.75. The number of benzene rings is 1. The molecule has 4 rings (SSSR count). The number of carbonyl (C=O) groups excluding carboxylic acids is 1. The van der Waals surface area contributed by atoms with Gasteiger partial charge in [0.15, 0.2) is 0 Å². The minimum Gasteiger partial charge on any atom is -0.354 e. The Morgan fingerprint density at radius 3 is 2.64 bits per heavy atom. The molecule has 1 aromatic carbocycles. The lowest BCUT2D eigenvalue weighted by atomic mass is 10.2. The average Bonchev–Trinajstić information content (AvgIpc) is 2.86. The van der Waals surface area contributed by atoms with E-state index in [1.54, 1.807) is 36.2 Å². The maximum atomic E-state index is 13.1. The first kappa shape index (κ1) is 19.2. The summed E-state index contributed by atoms with van der Waals surface area (Å²) in [4.78, 5) is 19.6. The first-order valence-electron chi connectivity index (χ1n) is 9.19. The van der Waals surface area contributed by atoms with Gasteiger partial charge >= 0.3 is 0 Å². The molecule has 7 nitrogen and oxygen atoms in total. The van der Waals surface area contributed by atoms with E-state index < -0.39 is 10.0 Å². The number of aromatic nitrogens is 1. The smallest absolute Gasteiger partial charge is 0.243 e. The average molecular weight is 419 g/mol. The number of nitrogens with zero attached hydrogens (tertiary/aromatic N) is 3. The van der Waals surface area contributed by atoms with Gasteiger partial charge in [-0.05, 0) is 30.3 Å². The molecule has 1 aromatic heterocycles. The molecular weight excluding hydrogens is 396 g/mol. The summed E-state index contributed by atoms with van der Waals surface area (Å²) in [5.74, 6) is 1.35. The van der Waals surface area contributed by atoms with Crippen LogP contribution in [0.25, 0.3) is 0 Å². The van der Waals surface area contributed by atoms with Crippen molar-refractivity contribution in [1.29, 1.82) is 0 Å². The summed E-state index contributed by atoms with van der Waals surface area (Å²) in [6, 6.07) is 10.7. The van der Waals surface area contributed by atoms with E-state index in [1.165, 1.54) is 4.31 Å². The number of anilines is 2. The molecule has 2 aliphatic heterocycles. The van der Waals surface area contributed by atoms with Gasteiger partial charge in [0.2, 0.25) is 15.9 Å². The van der Waals surface area contributed by atoms with Crippen molar-refractivity contribution in [2.24, 2.45) is 5.92 Å². The highest BCUT2D eigenvalue weighted by atomic mass is 32.2. The van der Waals surface area contributed by atoms with Crippen LogP contribution in [-0.4, -0.2) is 55.5 Å². The number of pyridine rings is 1. The number of hydrogen-bond donors (Lipinski definition) is 1. The number of piperazine rings is 1. The van der Waals surface area contributed by atoms with Gasteiger partial charge in [-0.1, -0.05) is 13.0 Å². The summed E-state index contributed by atoms with van der Waals surface area (Å²) in [5.41, 5.74) is 0.576. The van der Waals surface area contributed by atoms with E-state index in [1.807, 2.05) is 25.1 Å². The molecule has 2 aromatic rings. The van der Waals surface area contributed by atoms with Gasteiger partial charge in [-0.25, -0.2) is 13.4 Å². The summed E-state index contributed by atoms with van der Waals surface area (Å²) >= 11 is 1.57. The Morgan fingerprint density at radius 1 is 1.14 bits per heavy atom. The van der Waals surface area contributed by atoms with Crippen LogP contribution in [0, 0.1) is 5.92 Å². The Kier molecular flexibility index (Phi) is 5.31. The third-order valence-corrected chi connectivity index (χ3v) is 8.22. The Balaban J connectivity index is 1.52. The predicted molar refractivity (Wildman–Crippen MR) is 110 cm³/mol. The zero-order valence-electron chi connectivity index (χ0n) is 15.5. The molecule has 1 atom stereocenters. The number of sulfonamides is 1. The largest absolute Gasteiger partial charge is 0.354 e. The Bertz CT molecular complexity index is 974. The summed E-state index contributed by atoms with van der Waals surface area (Å²) in [7, 11) is -3.62. The van der Waals surface area contributed by atoms with Gasteiger partial charge in [0.25, 0.3) is 0 Å². The van der Waals surface area contributed by atoms with Crippen molar-refractivity contribution in [1.82, 2.24) is 9.29 Å². The molecule has 0 saturated carbocycles. The maximum absolute atomic E-state index is 13.1. The fraction of sp³-hybridized carbons (Fsp3) is 0.368. The van der Waals surface area contributed by atoms with Gasteiger partial charge in [0.1, 0.15) is 5.82 Å². The van der Waals surface area contributed by atoms with E-state index in [2.05, 4.69) is 15.2 Å². The van der Waals surface area contributed by atoms with Crippen molar-refractivity contribution in [3.8, 4) is 0 Å². The lowest BCUT2D eigenvalue weighted by molar-refractivity contribution is -0.118. The molecule has 3 heterocycles. The van der Waals surface area contributed by atoms with Gasteiger partial charge in [-0.15, -0.1) is 11.8 Å². The second-order valence-corrected chi connectivity index (χ2v) is 9.94. The number of rotatable bonds is 3. The van der Waals surface area contributed by atoms with E-state index >= 15 is 0 Å². The molecule has 0 aliphatic carbocycles. The first-order valence-corrected chi connectivity index (χ1v) is 11.6. The molecule has 0 radical (unpaired) electrons. The number of amides is 1. The van der Waals surface area contributed by atoms with Crippen LogP contribution < -0.4 is 10.2 Å². The number of nitrogens with one attached hydrogen (secondary N) is 1. The third kappa shape index (κ3) is 3.74. The molecule has 0 unspecified atom stereocenters. The third-order valence-electron chi connectivity index (χ3n) is 5.00. The van der Waals surface area contributed by atoms with Gasteiger partial charge in [-0.3, -0.25) is 4.79 Å². The van der Waals surface area contributed by atoms with Crippen molar-refractivity contribution in [2.45, 2.75) is 16.7 Å². The van der Waals surface area contributed by atoms with Crippen LogP contribution >= 0.6 is 11.8 Å². The molecular formula is C19H22N4O3S2. The molecule has 148 valence electrons. The Morgan fingerprint density at radius 2 is 1.93 bits per heavy atom. The van der Waals surface area contributed by atoms with E-state index in [0.29, 0.717) is 37.6 Å². The molecule has 0 spiro atoms. The minimum atomic E-state index is -3.62. The molecule has 28 heavy (non-hydrogen) atoms. The van der Waals surface area contributed by atoms with Crippen molar-refractivity contribution < 1.29 is 13.2 Å². The molecule has 1 fully saturated rings. The van der Waals surface area contributed by atoms with E-state index in [-0.39, 0.29) is 16.7 Å². The molecule has 2 aliphatic rings. The van der Waals surface area contributed by atoms with Gasteiger partial charge in [0.05, 0.1) is 10.6 Å².